The number of thioether (sulfide) groups is 1. The first-order valence-corrected chi connectivity index (χ1v) is 10.2. The number of aromatic hydroxyl groups is 1. The van der Waals surface area contributed by atoms with E-state index in [4.69, 9.17) is 11.6 Å². The van der Waals surface area contributed by atoms with Gasteiger partial charge in [0.15, 0.2) is 0 Å². The Labute approximate surface area is 178 Å². The molecule has 3 aromatic rings. The molecule has 5 nitrogen and oxygen atoms in total. The Morgan fingerprint density at radius 3 is 2.41 bits per heavy atom. The molecule has 2 amide bonds. The fourth-order valence-electron chi connectivity index (χ4n) is 2.61. The molecule has 0 atom stereocenters. The van der Waals surface area contributed by atoms with Gasteiger partial charge in [0.2, 0.25) is 5.91 Å². The minimum Gasteiger partial charge on any atom is -0.506 e. The largest absolute Gasteiger partial charge is 0.506 e. The lowest BCUT2D eigenvalue weighted by Crippen LogP contribution is -2.15. The van der Waals surface area contributed by atoms with Crippen LogP contribution >= 0.6 is 23.4 Å². The van der Waals surface area contributed by atoms with Crippen LogP contribution in [0.15, 0.2) is 71.6 Å². The number of hydrogen-bond acceptors (Lipinski definition) is 4. The normalized spacial score (nSPS) is 10.4. The van der Waals surface area contributed by atoms with Crippen molar-refractivity contribution in [1.29, 1.82) is 0 Å². The zero-order valence-electron chi connectivity index (χ0n) is 15.6. The molecule has 0 radical (unpaired) electrons. The van der Waals surface area contributed by atoms with Crippen molar-refractivity contribution in [2.45, 2.75) is 11.8 Å². The van der Waals surface area contributed by atoms with Gasteiger partial charge < -0.3 is 15.7 Å². The van der Waals surface area contributed by atoms with Gasteiger partial charge in [0.25, 0.3) is 5.91 Å². The van der Waals surface area contributed by atoms with E-state index in [-0.39, 0.29) is 29.0 Å². The smallest absolute Gasteiger partial charge is 0.256 e. The first kappa shape index (κ1) is 20.8. The van der Waals surface area contributed by atoms with E-state index >= 15 is 0 Å². The van der Waals surface area contributed by atoms with Crippen molar-refractivity contribution in [1.82, 2.24) is 0 Å². The SMILES string of the molecule is Cc1ccccc1C(=O)Nc1ccc(NC(=O)CSc2ccc(Cl)cc2)cc1O. The predicted molar refractivity (Wildman–Crippen MR) is 118 cm³/mol. The number of halogens is 1. The summed E-state index contributed by atoms with van der Waals surface area (Å²) >= 11 is 7.23. The summed E-state index contributed by atoms with van der Waals surface area (Å²) in [7, 11) is 0. The minimum atomic E-state index is -0.311. The molecule has 0 aromatic heterocycles. The van der Waals surface area contributed by atoms with Gasteiger partial charge in [0, 0.05) is 27.2 Å². The summed E-state index contributed by atoms with van der Waals surface area (Å²) in [6, 6.07) is 19.0. The van der Waals surface area contributed by atoms with Gasteiger partial charge in [-0.3, -0.25) is 9.59 Å². The lowest BCUT2D eigenvalue weighted by atomic mass is 10.1. The average Bonchev–Trinajstić information content (AvgIpc) is 2.70. The fraction of sp³-hybridized carbons (Fsp3) is 0.0909. The number of carbonyl (C=O) groups excluding carboxylic acids is 2. The highest BCUT2D eigenvalue weighted by atomic mass is 35.5. The zero-order chi connectivity index (χ0) is 20.8. The van der Waals surface area contributed by atoms with E-state index < -0.39 is 0 Å². The minimum absolute atomic E-state index is 0.130. The van der Waals surface area contributed by atoms with Crippen LogP contribution in [0.25, 0.3) is 0 Å². The summed E-state index contributed by atoms with van der Waals surface area (Å²) in [4.78, 5) is 25.5. The third-order valence-electron chi connectivity index (χ3n) is 4.10. The molecular weight excluding hydrogens is 408 g/mol. The molecule has 0 aliphatic rings. The van der Waals surface area contributed by atoms with Crippen LogP contribution in [0.1, 0.15) is 15.9 Å². The molecule has 0 saturated carbocycles. The van der Waals surface area contributed by atoms with Crippen molar-refractivity contribution in [2.75, 3.05) is 16.4 Å². The highest BCUT2D eigenvalue weighted by Crippen LogP contribution is 2.28. The first-order chi connectivity index (χ1) is 13.9. The van der Waals surface area contributed by atoms with Gasteiger partial charge in [-0.2, -0.15) is 0 Å². The van der Waals surface area contributed by atoms with Crippen molar-refractivity contribution >= 4 is 46.6 Å². The summed E-state index contributed by atoms with van der Waals surface area (Å²) in [6.45, 7) is 1.84. The topological polar surface area (TPSA) is 78.4 Å². The Morgan fingerprint density at radius 1 is 1.00 bits per heavy atom. The van der Waals surface area contributed by atoms with E-state index in [1.165, 1.54) is 17.8 Å². The Balaban J connectivity index is 1.58. The predicted octanol–water partition coefficient (Wildman–Crippen LogP) is 5.34. The molecule has 148 valence electrons. The van der Waals surface area contributed by atoms with E-state index in [2.05, 4.69) is 10.6 Å². The zero-order valence-corrected chi connectivity index (χ0v) is 17.2. The monoisotopic (exact) mass is 426 g/mol. The van der Waals surface area contributed by atoms with Crippen LogP contribution in [0.2, 0.25) is 5.02 Å². The molecule has 7 heteroatoms. The molecule has 0 bridgehead atoms. The van der Waals surface area contributed by atoms with Crippen molar-refractivity contribution in [3.8, 4) is 5.75 Å². The molecule has 3 aromatic carbocycles. The maximum absolute atomic E-state index is 12.4. The quantitative estimate of drug-likeness (QED) is 0.367. The van der Waals surface area contributed by atoms with Crippen molar-refractivity contribution in [3.05, 3.63) is 82.9 Å². The molecule has 0 fully saturated rings. The van der Waals surface area contributed by atoms with Crippen LogP contribution in [0.5, 0.6) is 5.75 Å². The van der Waals surface area contributed by atoms with E-state index in [0.717, 1.165) is 10.5 Å². The van der Waals surface area contributed by atoms with Gasteiger partial charge in [-0.15, -0.1) is 11.8 Å². The number of carbonyl (C=O) groups is 2. The van der Waals surface area contributed by atoms with Crippen molar-refractivity contribution in [3.63, 3.8) is 0 Å². The molecular formula is C22H19ClN2O3S. The number of amides is 2. The number of aryl methyl sites for hydroxylation is 1. The van der Waals surface area contributed by atoms with Gasteiger partial charge in [0.1, 0.15) is 5.75 Å². The van der Waals surface area contributed by atoms with Crippen LogP contribution in [0.3, 0.4) is 0 Å². The molecule has 0 spiro atoms. The average molecular weight is 427 g/mol. The summed E-state index contributed by atoms with van der Waals surface area (Å²) in [6.07, 6.45) is 0. The fourth-order valence-corrected chi connectivity index (χ4v) is 3.43. The molecule has 0 unspecified atom stereocenters. The van der Waals surface area contributed by atoms with Gasteiger partial charge in [-0.05, 0) is 55.0 Å². The second-order valence-electron chi connectivity index (χ2n) is 6.29. The van der Waals surface area contributed by atoms with Gasteiger partial charge in [-0.1, -0.05) is 29.8 Å². The van der Waals surface area contributed by atoms with Crippen LogP contribution in [0, 0.1) is 6.92 Å². The Morgan fingerprint density at radius 2 is 1.72 bits per heavy atom. The molecule has 3 N–H and O–H groups in total. The van der Waals surface area contributed by atoms with E-state index in [9.17, 15) is 14.7 Å². The summed E-state index contributed by atoms with van der Waals surface area (Å²) < 4.78 is 0. The molecule has 29 heavy (non-hydrogen) atoms. The molecule has 0 heterocycles. The second-order valence-corrected chi connectivity index (χ2v) is 7.78. The lowest BCUT2D eigenvalue weighted by molar-refractivity contribution is -0.113. The standard InChI is InChI=1S/C22H19ClN2O3S/c1-14-4-2-3-5-18(14)22(28)25-19-11-8-16(12-20(19)26)24-21(27)13-29-17-9-6-15(23)7-10-17/h2-12,26H,13H2,1H3,(H,24,27)(H,25,28). The number of phenolic OH excluding ortho intramolecular Hbond substituents is 1. The van der Waals surface area contributed by atoms with Crippen molar-refractivity contribution < 1.29 is 14.7 Å². The molecule has 3 rings (SSSR count). The maximum atomic E-state index is 12.4. The molecule has 0 aliphatic heterocycles. The van der Waals surface area contributed by atoms with E-state index in [1.807, 2.05) is 31.2 Å². The van der Waals surface area contributed by atoms with E-state index in [1.54, 1.807) is 36.4 Å². The number of nitrogens with one attached hydrogen (secondary N) is 2. The van der Waals surface area contributed by atoms with Gasteiger partial charge in [-0.25, -0.2) is 0 Å². The number of phenols is 1. The Bertz CT molecular complexity index is 1040. The Hall–Kier alpha value is -2.96. The summed E-state index contributed by atoms with van der Waals surface area (Å²) in [5.41, 5.74) is 2.08. The number of anilines is 2. The van der Waals surface area contributed by atoms with Crippen molar-refractivity contribution in [2.24, 2.45) is 0 Å². The van der Waals surface area contributed by atoms with Crippen LogP contribution in [-0.2, 0) is 4.79 Å². The molecule has 0 saturated heterocycles. The van der Waals surface area contributed by atoms with Crippen LogP contribution < -0.4 is 10.6 Å². The van der Waals surface area contributed by atoms with Crippen LogP contribution in [-0.4, -0.2) is 22.7 Å². The van der Waals surface area contributed by atoms with Gasteiger partial charge in [0.05, 0.1) is 11.4 Å². The van der Waals surface area contributed by atoms with Gasteiger partial charge >= 0.3 is 0 Å². The molecule has 0 aliphatic carbocycles. The Kier molecular flexibility index (Phi) is 6.80. The van der Waals surface area contributed by atoms with Crippen LogP contribution in [0.4, 0.5) is 11.4 Å². The lowest BCUT2D eigenvalue weighted by Gasteiger charge is -2.11. The first-order valence-electron chi connectivity index (χ1n) is 8.80. The highest BCUT2D eigenvalue weighted by molar-refractivity contribution is 8.00. The summed E-state index contributed by atoms with van der Waals surface area (Å²) in [5, 5.41) is 16.3. The highest BCUT2D eigenvalue weighted by Gasteiger charge is 2.12. The van der Waals surface area contributed by atoms with E-state index in [0.29, 0.717) is 16.3 Å². The summed E-state index contributed by atoms with van der Waals surface area (Å²) in [5.74, 6) is -0.431. The third-order valence-corrected chi connectivity index (χ3v) is 5.37. The maximum Gasteiger partial charge on any atom is 0.256 e. The second kappa shape index (κ2) is 9.49. The number of benzene rings is 3. The number of hydrogen-bond donors (Lipinski definition) is 3. The number of rotatable bonds is 6. The third kappa shape index (κ3) is 5.76.